The standard InChI is InChI=1S/C20H16N6O2S/c1-13-2-4-14(5-3-13)17-10-11-29-18(17)20(28)23-22-19(27)15-6-8-16(9-7-15)26-12-21-24-25-26/h2-12H,1H3,(H,22,27)(H,23,28). The second-order valence-corrected chi connectivity index (χ2v) is 7.16. The first-order valence-corrected chi connectivity index (χ1v) is 9.58. The van der Waals surface area contributed by atoms with Crippen molar-refractivity contribution in [2.24, 2.45) is 0 Å². The van der Waals surface area contributed by atoms with Crippen LogP contribution in [0.1, 0.15) is 25.6 Å². The maximum absolute atomic E-state index is 12.6. The second kappa shape index (κ2) is 8.03. The van der Waals surface area contributed by atoms with Gasteiger partial charge in [0.15, 0.2) is 0 Å². The number of aryl methyl sites for hydroxylation is 1. The summed E-state index contributed by atoms with van der Waals surface area (Å²) in [6.07, 6.45) is 1.46. The fourth-order valence-corrected chi connectivity index (χ4v) is 3.54. The third-order valence-corrected chi connectivity index (χ3v) is 5.18. The first-order chi connectivity index (χ1) is 14.1. The molecule has 0 saturated heterocycles. The summed E-state index contributed by atoms with van der Waals surface area (Å²) >= 11 is 1.32. The molecule has 0 fully saturated rings. The lowest BCUT2D eigenvalue weighted by Gasteiger charge is -2.09. The maximum Gasteiger partial charge on any atom is 0.280 e. The molecule has 4 rings (SSSR count). The molecule has 9 heteroatoms. The minimum atomic E-state index is -0.421. The summed E-state index contributed by atoms with van der Waals surface area (Å²) in [6, 6.07) is 16.5. The van der Waals surface area contributed by atoms with Gasteiger partial charge < -0.3 is 0 Å². The van der Waals surface area contributed by atoms with Gasteiger partial charge in [-0.15, -0.1) is 16.4 Å². The average molecular weight is 404 g/mol. The van der Waals surface area contributed by atoms with Gasteiger partial charge in [-0.1, -0.05) is 29.8 Å². The highest BCUT2D eigenvalue weighted by Gasteiger charge is 2.16. The van der Waals surface area contributed by atoms with Crippen molar-refractivity contribution in [2.45, 2.75) is 6.92 Å². The number of aromatic nitrogens is 4. The molecule has 29 heavy (non-hydrogen) atoms. The Morgan fingerprint density at radius 3 is 2.34 bits per heavy atom. The number of amides is 2. The van der Waals surface area contributed by atoms with Crippen LogP contribution in [-0.2, 0) is 0 Å². The number of rotatable bonds is 4. The maximum atomic E-state index is 12.6. The van der Waals surface area contributed by atoms with Gasteiger partial charge in [-0.25, -0.2) is 4.68 Å². The fourth-order valence-electron chi connectivity index (χ4n) is 2.73. The molecule has 0 aliphatic rings. The molecule has 2 N–H and O–H groups in total. The number of nitrogens with zero attached hydrogens (tertiary/aromatic N) is 4. The van der Waals surface area contributed by atoms with Crippen LogP contribution in [-0.4, -0.2) is 32.0 Å². The molecule has 8 nitrogen and oxygen atoms in total. The van der Waals surface area contributed by atoms with Gasteiger partial charge >= 0.3 is 0 Å². The van der Waals surface area contributed by atoms with E-state index in [-0.39, 0.29) is 5.91 Å². The Balaban J connectivity index is 1.42. The number of hydrogen-bond acceptors (Lipinski definition) is 6. The van der Waals surface area contributed by atoms with Crippen LogP contribution in [0.25, 0.3) is 16.8 Å². The molecule has 0 bridgehead atoms. The fraction of sp³-hybridized carbons (Fsp3) is 0.0500. The van der Waals surface area contributed by atoms with Crippen molar-refractivity contribution in [2.75, 3.05) is 0 Å². The molecule has 2 aromatic carbocycles. The lowest BCUT2D eigenvalue weighted by Crippen LogP contribution is -2.41. The Hall–Kier alpha value is -3.85. The Kier molecular flexibility index (Phi) is 5.12. The number of carbonyl (C=O) groups excluding carboxylic acids is 2. The Morgan fingerprint density at radius 2 is 1.66 bits per heavy atom. The Labute approximate surface area is 170 Å². The van der Waals surface area contributed by atoms with E-state index in [0.29, 0.717) is 10.4 Å². The second-order valence-electron chi connectivity index (χ2n) is 6.24. The monoisotopic (exact) mass is 404 g/mol. The van der Waals surface area contributed by atoms with Gasteiger partial charge in [0, 0.05) is 11.1 Å². The molecule has 0 atom stereocenters. The number of hydrogen-bond donors (Lipinski definition) is 2. The minimum absolute atomic E-state index is 0.366. The highest BCUT2D eigenvalue weighted by atomic mass is 32.1. The molecule has 0 unspecified atom stereocenters. The summed E-state index contributed by atoms with van der Waals surface area (Å²) in [5.74, 6) is -0.788. The highest BCUT2D eigenvalue weighted by molar-refractivity contribution is 7.12. The molecule has 2 amide bonds. The van der Waals surface area contributed by atoms with Crippen molar-refractivity contribution in [3.63, 3.8) is 0 Å². The largest absolute Gasteiger partial charge is 0.280 e. The normalized spacial score (nSPS) is 10.5. The molecule has 2 aromatic heterocycles. The van der Waals surface area contributed by atoms with Gasteiger partial charge in [-0.3, -0.25) is 20.4 Å². The Bertz CT molecular complexity index is 1130. The van der Waals surface area contributed by atoms with E-state index in [9.17, 15) is 9.59 Å². The van der Waals surface area contributed by atoms with Gasteiger partial charge in [0.25, 0.3) is 11.8 Å². The van der Waals surface area contributed by atoms with Gasteiger partial charge in [0.2, 0.25) is 0 Å². The third-order valence-electron chi connectivity index (χ3n) is 4.27. The van der Waals surface area contributed by atoms with Crippen LogP contribution in [0.4, 0.5) is 0 Å². The molecule has 0 saturated carbocycles. The van der Waals surface area contributed by atoms with Crippen LogP contribution in [0.5, 0.6) is 0 Å². The van der Waals surface area contributed by atoms with Crippen LogP contribution in [0, 0.1) is 6.92 Å². The van der Waals surface area contributed by atoms with Crippen LogP contribution in [0.15, 0.2) is 66.3 Å². The molecule has 0 radical (unpaired) electrons. The lowest BCUT2D eigenvalue weighted by atomic mass is 10.1. The van der Waals surface area contributed by atoms with Crippen molar-refractivity contribution in [3.8, 4) is 16.8 Å². The van der Waals surface area contributed by atoms with Crippen molar-refractivity contribution in [1.82, 2.24) is 31.1 Å². The van der Waals surface area contributed by atoms with Crippen LogP contribution < -0.4 is 10.9 Å². The van der Waals surface area contributed by atoms with Gasteiger partial charge in [-0.2, -0.15) is 0 Å². The minimum Gasteiger partial charge on any atom is -0.267 e. The molecule has 4 aromatic rings. The van der Waals surface area contributed by atoms with E-state index in [1.54, 1.807) is 24.3 Å². The molecule has 144 valence electrons. The number of benzene rings is 2. The molecule has 0 aliphatic carbocycles. The number of tetrazole rings is 1. The zero-order valence-electron chi connectivity index (χ0n) is 15.4. The quantitative estimate of drug-likeness (QED) is 0.509. The van der Waals surface area contributed by atoms with Crippen molar-refractivity contribution in [1.29, 1.82) is 0 Å². The van der Waals surface area contributed by atoms with E-state index < -0.39 is 5.91 Å². The van der Waals surface area contributed by atoms with Crippen molar-refractivity contribution in [3.05, 3.63) is 82.3 Å². The predicted octanol–water partition coefficient (Wildman–Crippen LogP) is 2.77. The third kappa shape index (κ3) is 4.04. The summed E-state index contributed by atoms with van der Waals surface area (Å²) < 4.78 is 1.48. The van der Waals surface area contributed by atoms with Gasteiger partial charge in [0.05, 0.1) is 5.69 Å². The number of carbonyl (C=O) groups is 2. The van der Waals surface area contributed by atoms with Crippen molar-refractivity contribution >= 4 is 23.2 Å². The molecular weight excluding hydrogens is 388 g/mol. The van der Waals surface area contributed by atoms with Crippen LogP contribution in [0.2, 0.25) is 0 Å². The average Bonchev–Trinajstić information content (AvgIpc) is 3.45. The molecule has 2 heterocycles. The molecule has 0 aliphatic heterocycles. The first-order valence-electron chi connectivity index (χ1n) is 8.70. The van der Waals surface area contributed by atoms with E-state index in [1.807, 2.05) is 42.6 Å². The zero-order valence-corrected chi connectivity index (χ0v) is 16.2. The van der Waals surface area contributed by atoms with E-state index in [2.05, 4.69) is 26.4 Å². The predicted molar refractivity (Wildman–Crippen MR) is 109 cm³/mol. The van der Waals surface area contributed by atoms with E-state index in [4.69, 9.17) is 0 Å². The number of nitrogens with one attached hydrogen (secondary N) is 2. The van der Waals surface area contributed by atoms with E-state index >= 15 is 0 Å². The van der Waals surface area contributed by atoms with E-state index in [1.165, 1.54) is 22.3 Å². The summed E-state index contributed by atoms with van der Waals surface area (Å²) in [7, 11) is 0. The molecule has 0 spiro atoms. The highest BCUT2D eigenvalue weighted by Crippen LogP contribution is 2.28. The molecular formula is C20H16N6O2S. The van der Waals surface area contributed by atoms with Crippen molar-refractivity contribution < 1.29 is 9.59 Å². The smallest absolute Gasteiger partial charge is 0.267 e. The summed E-state index contributed by atoms with van der Waals surface area (Å²) in [5, 5.41) is 12.8. The summed E-state index contributed by atoms with van der Waals surface area (Å²) in [6.45, 7) is 2.01. The van der Waals surface area contributed by atoms with Gasteiger partial charge in [-0.05, 0) is 58.6 Å². The topological polar surface area (TPSA) is 102 Å². The summed E-state index contributed by atoms with van der Waals surface area (Å²) in [4.78, 5) is 25.4. The first kappa shape index (κ1) is 18.5. The number of hydrazine groups is 1. The van der Waals surface area contributed by atoms with Gasteiger partial charge in [0.1, 0.15) is 11.2 Å². The number of thiophene rings is 1. The van der Waals surface area contributed by atoms with E-state index in [0.717, 1.165) is 22.4 Å². The Morgan fingerprint density at radius 1 is 0.931 bits per heavy atom. The lowest BCUT2D eigenvalue weighted by molar-refractivity contribution is 0.0849. The SMILES string of the molecule is Cc1ccc(-c2ccsc2C(=O)NNC(=O)c2ccc(-n3cnnn3)cc2)cc1. The van der Waals surface area contributed by atoms with Crippen LogP contribution in [0.3, 0.4) is 0 Å². The van der Waals surface area contributed by atoms with Crippen LogP contribution >= 0.6 is 11.3 Å². The zero-order chi connectivity index (χ0) is 20.2. The summed E-state index contributed by atoms with van der Waals surface area (Å²) in [5.41, 5.74) is 8.97.